The average Bonchev–Trinajstić information content (AvgIpc) is 2.31. The van der Waals surface area contributed by atoms with E-state index in [-0.39, 0.29) is 0 Å². The Morgan fingerprint density at radius 1 is 1.47 bits per heavy atom. The van der Waals surface area contributed by atoms with Crippen molar-refractivity contribution < 1.29 is 5.11 Å². The minimum Gasteiger partial charge on any atom is -0.508 e. The molecule has 1 aromatic carbocycles. The number of aromatic hydroxyl groups is 1. The van der Waals surface area contributed by atoms with Crippen molar-refractivity contribution in [1.82, 2.24) is 5.32 Å². The van der Waals surface area contributed by atoms with Gasteiger partial charge in [-0.1, -0.05) is 22.9 Å². The summed E-state index contributed by atoms with van der Waals surface area (Å²) in [6.07, 6.45) is 1.16. The van der Waals surface area contributed by atoms with Crippen molar-refractivity contribution in [3.8, 4) is 5.75 Å². The highest BCUT2D eigenvalue weighted by atomic mass is 79.9. The summed E-state index contributed by atoms with van der Waals surface area (Å²) in [5.41, 5.74) is 0.939. The highest BCUT2D eigenvalue weighted by molar-refractivity contribution is 9.10. The van der Waals surface area contributed by atoms with Crippen LogP contribution in [0.5, 0.6) is 5.75 Å². The molecule has 0 aromatic heterocycles. The number of thioether (sulfide) groups is 1. The number of nitrogens with one attached hydrogen (secondary N) is 1. The first-order chi connectivity index (χ1) is 8.13. The molecule has 0 radical (unpaired) electrons. The van der Waals surface area contributed by atoms with Gasteiger partial charge in [0.25, 0.3) is 0 Å². The van der Waals surface area contributed by atoms with E-state index in [1.54, 1.807) is 6.07 Å². The second-order valence-electron chi connectivity index (χ2n) is 4.04. The van der Waals surface area contributed by atoms with Gasteiger partial charge in [0.2, 0.25) is 0 Å². The topological polar surface area (TPSA) is 32.3 Å². The van der Waals surface area contributed by atoms with Gasteiger partial charge in [0.15, 0.2) is 0 Å². The third-order valence-corrected chi connectivity index (χ3v) is 4.01. The van der Waals surface area contributed by atoms with Gasteiger partial charge in [0, 0.05) is 22.6 Å². The summed E-state index contributed by atoms with van der Waals surface area (Å²) in [5, 5.41) is 13.1. The van der Waals surface area contributed by atoms with Gasteiger partial charge in [-0.05, 0) is 43.0 Å². The Labute approximate surface area is 116 Å². The van der Waals surface area contributed by atoms with Gasteiger partial charge in [0.05, 0.1) is 0 Å². The maximum atomic E-state index is 9.70. The van der Waals surface area contributed by atoms with Gasteiger partial charge in [-0.25, -0.2) is 0 Å². The Morgan fingerprint density at radius 3 is 2.94 bits per heavy atom. The van der Waals surface area contributed by atoms with Crippen LogP contribution >= 0.6 is 27.7 Å². The number of phenolic OH excluding ortho intramolecular Hbond substituents is 1. The van der Waals surface area contributed by atoms with Crippen LogP contribution in [-0.4, -0.2) is 22.7 Å². The normalized spacial score (nSPS) is 12.6. The SMILES string of the molecule is CCSCCC(C)NCc1cc(Br)ccc1O. The van der Waals surface area contributed by atoms with E-state index in [4.69, 9.17) is 0 Å². The largest absolute Gasteiger partial charge is 0.508 e. The molecule has 0 aliphatic rings. The van der Waals surface area contributed by atoms with E-state index in [1.165, 1.54) is 11.5 Å². The zero-order valence-electron chi connectivity index (χ0n) is 10.4. The number of phenols is 1. The molecule has 0 aliphatic carbocycles. The third-order valence-electron chi connectivity index (χ3n) is 2.58. The number of hydrogen-bond donors (Lipinski definition) is 2. The molecular formula is C13H20BrNOS. The highest BCUT2D eigenvalue weighted by Gasteiger charge is 2.05. The summed E-state index contributed by atoms with van der Waals surface area (Å²) in [5.74, 6) is 2.73. The molecule has 2 N–H and O–H groups in total. The Kier molecular flexibility index (Phi) is 7.00. The minimum atomic E-state index is 0.357. The van der Waals surface area contributed by atoms with Gasteiger partial charge < -0.3 is 10.4 Å². The molecule has 1 unspecified atom stereocenters. The predicted octanol–water partition coefficient (Wildman–Crippen LogP) is 3.78. The lowest BCUT2D eigenvalue weighted by Gasteiger charge is -2.14. The number of rotatable bonds is 7. The Hall–Kier alpha value is -0.190. The lowest BCUT2D eigenvalue weighted by atomic mass is 10.2. The quantitative estimate of drug-likeness (QED) is 0.751. The van der Waals surface area contributed by atoms with Crippen LogP contribution in [0.1, 0.15) is 25.8 Å². The van der Waals surface area contributed by atoms with Crippen LogP contribution in [0.3, 0.4) is 0 Å². The fourth-order valence-electron chi connectivity index (χ4n) is 1.49. The van der Waals surface area contributed by atoms with Crippen LogP contribution in [0.4, 0.5) is 0 Å². The van der Waals surface area contributed by atoms with Crippen LogP contribution in [0, 0.1) is 0 Å². The predicted molar refractivity (Wildman–Crippen MR) is 79.7 cm³/mol. The molecule has 1 atom stereocenters. The van der Waals surface area contributed by atoms with Crippen molar-refractivity contribution in [1.29, 1.82) is 0 Å². The van der Waals surface area contributed by atoms with E-state index >= 15 is 0 Å². The molecule has 0 heterocycles. The molecular weight excluding hydrogens is 298 g/mol. The van der Waals surface area contributed by atoms with Crippen molar-refractivity contribution in [2.45, 2.75) is 32.9 Å². The molecule has 0 spiro atoms. The maximum Gasteiger partial charge on any atom is 0.120 e. The molecule has 0 bridgehead atoms. The molecule has 17 heavy (non-hydrogen) atoms. The summed E-state index contributed by atoms with van der Waals surface area (Å²) >= 11 is 5.38. The average molecular weight is 318 g/mol. The minimum absolute atomic E-state index is 0.357. The zero-order valence-corrected chi connectivity index (χ0v) is 12.8. The lowest BCUT2D eigenvalue weighted by Crippen LogP contribution is -2.26. The van der Waals surface area contributed by atoms with Gasteiger partial charge >= 0.3 is 0 Å². The van der Waals surface area contributed by atoms with Crippen molar-refractivity contribution in [2.24, 2.45) is 0 Å². The second kappa shape index (κ2) is 8.01. The van der Waals surface area contributed by atoms with Gasteiger partial charge in [-0.15, -0.1) is 0 Å². The number of halogens is 1. The lowest BCUT2D eigenvalue weighted by molar-refractivity contribution is 0.457. The van der Waals surface area contributed by atoms with Gasteiger partial charge in [-0.3, -0.25) is 0 Å². The Bertz CT molecular complexity index is 346. The van der Waals surface area contributed by atoms with E-state index in [1.807, 2.05) is 23.9 Å². The number of benzene rings is 1. The fraction of sp³-hybridized carbons (Fsp3) is 0.538. The van der Waals surface area contributed by atoms with Crippen LogP contribution in [0.15, 0.2) is 22.7 Å². The zero-order chi connectivity index (χ0) is 12.7. The first-order valence-corrected chi connectivity index (χ1v) is 7.86. The van der Waals surface area contributed by atoms with Crippen molar-refractivity contribution in [2.75, 3.05) is 11.5 Å². The van der Waals surface area contributed by atoms with E-state index in [0.29, 0.717) is 18.3 Å². The van der Waals surface area contributed by atoms with Crippen LogP contribution in [0.25, 0.3) is 0 Å². The first-order valence-electron chi connectivity index (χ1n) is 5.92. The summed E-state index contributed by atoms with van der Waals surface area (Å²) in [6, 6.07) is 6.00. The maximum absolute atomic E-state index is 9.70. The van der Waals surface area contributed by atoms with E-state index in [9.17, 15) is 5.11 Å². The van der Waals surface area contributed by atoms with Gasteiger partial charge in [-0.2, -0.15) is 11.8 Å². The monoisotopic (exact) mass is 317 g/mol. The van der Waals surface area contributed by atoms with E-state index in [0.717, 1.165) is 16.5 Å². The van der Waals surface area contributed by atoms with Crippen LogP contribution in [0.2, 0.25) is 0 Å². The molecule has 1 aromatic rings. The molecule has 4 heteroatoms. The first kappa shape index (κ1) is 14.9. The molecule has 2 nitrogen and oxygen atoms in total. The van der Waals surface area contributed by atoms with Crippen molar-refractivity contribution >= 4 is 27.7 Å². The summed E-state index contributed by atoms with van der Waals surface area (Å²) in [6.45, 7) is 5.08. The Morgan fingerprint density at radius 2 is 2.24 bits per heavy atom. The summed E-state index contributed by atoms with van der Waals surface area (Å²) < 4.78 is 1.00. The molecule has 0 fully saturated rings. The molecule has 1 rings (SSSR count). The summed E-state index contributed by atoms with van der Waals surface area (Å²) in [4.78, 5) is 0. The molecule has 0 amide bonds. The Balaban J connectivity index is 2.36. The van der Waals surface area contributed by atoms with Crippen molar-refractivity contribution in [3.05, 3.63) is 28.2 Å². The summed E-state index contributed by atoms with van der Waals surface area (Å²) in [7, 11) is 0. The smallest absolute Gasteiger partial charge is 0.120 e. The highest BCUT2D eigenvalue weighted by Crippen LogP contribution is 2.21. The molecule has 0 saturated heterocycles. The standard InChI is InChI=1S/C13H20BrNOS/c1-3-17-7-6-10(2)15-9-11-8-12(14)4-5-13(11)16/h4-5,8,10,15-16H,3,6-7,9H2,1-2H3. The second-order valence-corrected chi connectivity index (χ2v) is 6.35. The number of hydrogen-bond acceptors (Lipinski definition) is 3. The van der Waals surface area contributed by atoms with E-state index in [2.05, 4.69) is 35.1 Å². The molecule has 96 valence electrons. The van der Waals surface area contributed by atoms with Crippen LogP contribution < -0.4 is 5.32 Å². The van der Waals surface area contributed by atoms with E-state index < -0.39 is 0 Å². The molecule has 0 aliphatic heterocycles. The van der Waals surface area contributed by atoms with Gasteiger partial charge in [0.1, 0.15) is 5.75 Å². The molecule has 0 saturated carbocycles. The van der Waals surface area contributed by atoms with Crippen LogP contribution in [-0.2, 0) is 6.54 Å². The fourth-order valence-corrected chi connectivity index (χ4v) is 2.70. The third kappa shape index (κ3) is 5.80. The van der Waals surface area contributed by atoms with Crippen molar-refractivity contribution in [3.63, 3.8) is 0 Å².